The Morgan fingerprint density at radius 3 is 2.56 bits per heavy atom. The number of hydrogen-bond acceptors (Lipinski definition) is 0. The zero-order valence-corrected chi connectivity index (χ0v) is 9.48. The van der Waals surface area contributed by atoms with Gasteiger partial charge in [0.15, 0.2) is 0 Å². The Balaban J connectivity index is 2.08. The molecule has 0 bridgehead atoms. The van der Waals surface area contributed by atoms with Gasteiger partial charge in [0, 0.05) is 0 Å². The van der Waals surface area contributed by atoms with Crippen molar-refractivity contribution < 1.29 is 4.39 Å². The van der Waals surface area contributed by atoms with E-state index in [0.717, 1.165) is 6.42 Å². The highest BCUT2D eigenvalue weighted by Crippen LogP contribution is 2.47. The standard InChI is InChI=1S/C15H18F/c1-2-12(10-11-16)14-8-9-15(14)13-6-4-3-5-7-13/h3-7,10-12,14-15H,1-2,8-9H2. The van der Waals surface area contributed by atoms with Crippen LogP contribution in [0.25, 0.3) is 0 Å². The highest BCUT2D eigenvalue weighted by molar-refractivity contribution is 5.23. The summed E-state index contributed by atoms with van der Waals surface area (Å²) in [7, 11) is 0. The van der Waals surface area contributed by atoms with Crippen LogP contribution in [0, 0.1) is 18.8 Å². The van der Waals surface area contributed by atoms with Gasteiger partial charge in [0.2, 0.25) is 0 Å². The lowest BCUT2D eigenvalue weighted by Gasteiger charge is -2.41. The maximum absolute atomic E-state index is 12.3. The Hall–Kier alpha value is -1.11. The van der Waals surface area contributed by atoms with Gasteiger partial charge in [0.1, 0.15) is 0 Å². The van der Waals surface area contributed by atoms with Gasteiger partial charge in [0.25, 0.3) is 0 Å². The number of hydrogen-bond donors (Lipinski definition) is 0. The Kier molecular flexibility index (Phi) is 3.76. The molecule has 0 amide bonds. The first-order valence-electron chi connectivity index (χ1n) is 5.98. The molecule has 1 heteroatoms. The lowest BCUT2D eigenvalue weighted by Crippen LogP contribution is -2.29. The van der Waals surface area contributed by atoms with Gasteiger partial charge >= 0.3 is 0 Å². The molecule has 0 saturated heterocycles. The molecular formula is C15H18F. The van der Waals surface area contributed by atoms with E-state index >= 15 is 0 Å². The molecule has 3 unspecified atom stereocenters. The molecule has 2 rings (SSSR count). The Labute approximate surface area is 97.2 Å². The Bertz CT molecular complexity index is 342. The van der Waals surface area contributed by atoms with Gasteiger partial charge in [-0.05, 0) is 42.6 Å². The molecule has 0 N–H and O–H groups in total. The van der Waals surface area contributed by atoms with Crippen LogP contribution in [0.15, 0.2) is 42.7 Å². The average Bonchev–Trinajstić information content (AvgIpc) is 2.28. The van der Waals surface area contributed by atoms with E-state index in [4.69, 9.17) is 0 Å². The summed E-state index contributed by atoms with van der Waals surface area (Å²) < 4.78 is 12.3. The predicted octanol–water partition coefficient (Wildman–Crippen LogP) is 4.50. The van der Waals surface area contributed by atoms with Crippen LogP contribution < -0.4 is 0 Å². The van der Waals surface area contributed by atoms with E-state index < -0.39 is 0 Å². The van der Waals surface area contributed by atoms with E-state index in [0.29, 0.717) is 24.1 Å². The van der Waals surface area contributed by atoms with Crippen LogP contribution in [0.5, 0.6) is 0 Å². The quantitative estimate of drug-likeness (QED) is 0.696. The van der Waals surface area contributed by atoms with Gasteiger partial charge in [0.05, 0.1) is 6.33 Å². The molecule has 85 valence electrons. The van der Waals surface area contributed by atoms with Gasteiger partial charge in [-0.15, -0.1) is 0 Å². The molecule has 1 aromatic rings. The largest absolute Gasteiger partial charge is 0.216 e. The molecule has 1 saturated carbocycles. The fourth-order valence-electron chi connectivity index (χ4n) is 2.70. The van der Waals surface area contributed by atoms with E-state index in [-0.39, 0.29) is 0 Å². The van der Waals surface area contributed by atoms with Gasteiger partial charge in [-0.1, -0.05) is 43.3 Å². The van der Waals surface area contributed by atoms with Gasteiger partial charge in [-0.2, -0.15) is 0 Å². The summed E-state index contributed by atoms with van der Waals surface area (Å²) in [5, 5.41) is 0. The predicted molar refractivity (Wildman–Crippen MR) is 65.6 cm³/mol. The minimum Gasteiger partial charge on any atom is -0.216 e. The molecule has 3 atom stereocenters. The zero-order valence-electron chi connectivity index (χ0n) is 9.48. The van der Waals surface area contributed by atoms with E-state index in [1.165, 1.54) is 18.4 Å². The van der Waals surface area contributed by atoms with Gasteiger partial charge in [-0.3, -0.25) is 0 Å². The van der Waals surface area contributed by atoms with E-state index in [1.54, 1.807) is 6.08 Å². The third kappa shape index (κ3) is 2.18. The monoisotopic (exact) mass is 217 g/mol. The highest BCUT2D eigenvalue weighted by Gasteiger charge is 2.35. The Morgan fingerprint density at radius 2 is 2.06 bits per heavy atom. The third-order valence-corrected chi connectivity index (χ3v) is 3.76. The number of benzene rings is 1. The van der Waals surface area contributed by atoms with Crippen LogP contribution in [0.4, 0.5) is 4.39 Å². The zero-order chi connectivity index (χ0) is 11.4. The maximum atomic E-state index is 12.3. The third-order valence-electron chi connectivity index (χ3n) is 3.76. The normalized spacial score (nSPS) is 26.6. The smallest absolute Gasteiger partial charge is 0.0829 e. The van der Waals surface area contributed by atoms with Crippen molar-refractivity contribution >= 4 is 0 Å². The second kappa shape index (κ2) is 5.29. The van der Waals surface area contributed by atoms with Gasteiger partial charge in [-0.25, -0.2) is 4.39 Å². The number of allylic oxidation sites excluding steroid dienone is 1. The molecule has 1 fully saturated rings. The second-order valence-electron chi connectivity index (χ2n) is 4.53. The summed E-state index contributed by atoms with van der Waals surface area (Å²) in [5.41, 5.74) is 1.39. The molecule has 0 spiro atoms. The summed E-state index contributed by atoms with van der Waals surface area (Å²) in [6.45, 7) is 3.92. The summed E-state index contributed by atoms with van der Waals surface area (Å²) in [6.07, 6.45) is 5.56. The molecule has 0 nitrogen and oxygen atoms in total. The SMILES string of the molecule is [CH2]CC(C=CF)C1CCC1c1ccccc1. The van der Waals surface area contributed by atoms with E-state index in [9.17, 15) is 4.39 Å². The summed E-state index contributed by atoms with van der Waals surface area (Å²) >= 11 is 0. The van der Waals surface area contributed by atoms with Crippen LogP contribution in [0.1, 0.15) is 30.7 Å². The van der Waals surface area contributed by atoms with Crippen LogP contribution in [-0.2, 0) is 0 Å². The molecule has 0 heterocycles. The minimum absolute atomic E-state index is 0.295. The average molecular weight is 217 g/mol. The molecule has 0 aliphatic heterocycles. The molecule has 0 aromatic heterocycles. The van der Waals surface area contributed by atoms with Crippen molar-refractivity contribution in [1.82, 2.24) is 0 Å². The minimum atomic E-state index is 0.295. The first kappa shape index (κ1) is 11.4. The molecule has 1 aliphatic carbocycles. The van der Waals surface area contributed by atoms with Crippen molar-refractivity contribution in [2.75, 3.05) is 0 Å². The van der Waals surface area contributed by atoms with Crippen molar-refractivity contribution in [3.8, 4) is 0 Å². The maximum Gasteiger partial charge on any atom is 0.0829 e. The van der Waals surface area contributed by atoms with Crippen molar-refractivity contribution in [3.05, 3.63) is 55.2 Å². The molecule has 16 heavy (non-hydrogen) atoms. The van der Waals surface area contributed by atoms with Crippen molar-refractivity contribution in [2.45, 2.75) is 25.2 Å². The molecule has 1 aromatic carbocycles. The first-order valence-corrected chi connectivity index (χ1v) is 5.98. The van der Waals surface area contributed by atoms with Crippen LogP contribution in [0.3, 0.4) is 0 Å². The van der Waals surface area contributed by atoms with E-state index in [1.807, 2.05) is 6.07 Å². The topological polar surface area (TPSA) is 0 Å². The van der Waals surface area contributed by atoms with Crippen molar-refractivity contribution in [3.63, 3.8) is 0 Å². The Morgan fingerprint density at radius 1 is 1.31 bits per heavy atom. The van der Waals surface area contributed by atoms with Crippen molar-refractivity contribution in [1.29, 1.82) is 0 Å². The molecule has 1 aliphatic rings. The number of rotatable bonds is 4. The summed E-state index contributed by atoms with van der Waals surface area (Å²) in [6, 6.07) is 10.5. The molecule has 1 radical (unpaired) electrons. The first-order chi connectivity index (χ1) is 7.86. The van der Waals surface area contributed by atoms with Crippen LogP contribution in [-0.4, -0.2) is 0 Å². The highest BCUT2D eigenvalue weighted by atomic mass is 19.1. The lowest BCUT2D eigenvalue weighted by atomic mass is 9.64. The molecular weight excluding hydrogens is 199 g/mol. The van der Waals surface area contributed by atoms with Gasteiger partial charge < -0.3 is 0 Å². The summed E-state index contributed by atoms with van der Waals surface area (Å²) in [5.74, 6) is 1.47. The van der Waals surface area contributed by atoms with Crippen LogP contribution >= 0.6 is 0 Å². The lowest BCUT2D eigenvalue weighted by molar-refractivity contribution is 0.193. The second-order valence-corrected chi connectivity index (χ2v) is 4.53. The van der Waals surface area contributed by atoms with E-state index in [2.05, 4.69) is 31.2 Å². The van der Waals surface area contributed by atoms with Crippen molar-refractivity contribution in [2.24, 2.45) is 11.8 Å². The number of halogens is 1. The fourth-order valence-corrected chi connectivity index (χ4v) is 2.70. The van der Waals surface area contributed by atoms with Crippen LogP contribution in [0.2, 0.25) is 0 Å². The fraction of sp³-hybridized carbons (Fsp3) is 0.400. The summed E-state index contributed by atoms with van der Waals surface area (Å²) in [4.78, 5) is 0.